The van der Waals surface area contributed by atoms with E-state index in [1.165, 1.54) is 0 Å². The monoisotopic (exact) mass is 283 g/mol. The molecule has 0 aromatic carbocycles. The minimum Gasteiger partial charge on any atom is -0.481 e. The number of carboxylic acids is 1. The van der Waals surface area contributed by atoms with Crippen molar-refractivity contribution in [2.75, 3.05) is 13.2 Å². The molecule has 0 spiro atoms. The van der Waals surface area contributed by atoms with E-state index in [2.05, 4.69) is 19.2 Å². The molecule has 2 atom stereocenters. The number of hydrogen-bond acceptors (Lipinski definition) is 3. The third-order valence-electron chi connectivity index (χ3n) is 4.75. The minimum atomic E-state index is -0.830. The fourth-order valence-corrected chi connectivity index (χ4v) is 3.30. The molecule has 2 aliphatic rings. The van der Waals surface area contributed by atoms with Gasteiger partial charge in [0.15, 0.2) is 0 Å². The van der Waals surface area contributed by atoms with Crippen molar-refractivity contribution in [3.8, 4) is 0 Å². The van der Waals surface area contributed by atoms with E-state index in [-0.39, 0.29) is 18.4 Å². The lowest BCUT2D eigenvalue weighted by atomic mass is 9.66. The van der Waals surface area contributed by atoms with Crippen LogP contribution in [-0.4, -0.2) is 36.2 Å². The van der Waals surface area contributed by atoms with Crippen molar-refractivity contribution < 1.29 is 19.4 Å². The number of amides is 1. The Morgan fingerprint density at radius 1 is 1.40 bits per heavy atom. The molecule has 2 N–H and O–H groups in total. The zero-order chi connectivity index (χ0) is 14.8. The van der Waals surface area contributed by atoms with Crippen molar-refractivity contribution in [3.05, 3.63) is 0 Å². The van der Waals surface area contributed by atoms with Gasteiger partial charge in [-0.2, -0.15) is 0 Å². The lowest BCUT2D eigenvalue weighted by Crippen LogP contribution is -2.44. The predicted molar refractivity (Wildman–Crippen MR) is 74.2 cm³/mol. The Morgan fingerprint density at radius 2 is 2.10 bits per heavy atom. The van der Waals surface area contributed by atoms with Crippen LogP contribution in [0.1, 0.15) is 46.0 Å². The molecule has 1 heterocycles. The zero-order valence-electron chi connectivity index (χ0n) is 12.4. The van der Waals surface area contributed by atoms with Gasteiger partial charge in [0.05, 0.1) is 11.5 Å². The molecule has 1 aliphatic heterocycles. The molecule has 20 heavy (non-hydrogen) atoms. The van der Waals surface area contributed by atoms with Crippen LogP contribution in [0.4, 0.5) is 0 Å². The lowest BCUT2D eigenvalue weighted by molar-refractivity contribution is -0.157. The third kappa shape index (κ3) is 3.14. The van der Waals surface area contributed by atoms with Crippen molar-refractivity contribution in [2.24, 2.45) is 17.3 Å². The Balaban J connectivity index is 1.79. The average Bonchev–Trinajstić information content (AvgIpc) is 2.79. The molecule has 0 aromatic rings. The van der Waals surface area contributed by atoms with Gasteiger partial charge in [-0.1, -0.05) is 20.3 Å². The summed E-state index contributed by atoms with van der Waals surface area (Å²) in [5, 5.41) is 12.1. The van der Waals surface area contributed by atoms with E-state index < -0.39 is 11.4 Å². The third-order valence-corrected chi connectivity index (χ3v) is 4.75. The predicted octanol–water partition coefficient (Wildman–Crippen LogP) is 1.81. The number of carboxylic acid groups (broad SMARTS) is 1. The first-order valence-electron chi connectivity index (χ1n) is 7.56. The van der Waals surface area contributed by atoms with Gasteiger partial charge in [-0.15, -0.1) is 0 Å². The van der Waals surface area contributed by atoms with Gasteiger partial charge in [0.1, 0.15) is 0 Å². The van der Waals surface area contributed by atoms with Gasteiger partial charge < -0.3 is 15.2 Å². The molecule has 0 radical (unpaired) electrons. The largest absolute Gasteiger partial charge is 0.481 e. The number of carbonyl (C=O) groups is 2. The summed E-state index contributed by atoms with van der Waals surface area (Å²) in [6, 6.07) is 0. The Morgan fingerprint density at radius 3 is 2.60 bits per heavy atom. The summed E-state index contributed by atoms with van der Waals surface area (Å²) in [6.07, 6.45) is 3.43. The molecular weight excluding hydrogens is 258 g/mol. The van der Waals surface area contributed by atoms with Crippen molar-refractivity contribution in [3.63, 3.8) is 0 Å². The maximum Gasteiger partial charge on any atom is 0.310 e. The van der Waals surface area contributed by atoms with E-state index in [4.69, 9.17) is 4.74 Å². The molecule has 1 saturated carbocycles. The second kappa shape index (κ2) is 6.12. The highest BCUT2D eigenvalue weighted by Gasteiger charge is 2.46. The number of aliphatic carboxylic acids is 1. The molecular formula is C15H25NO4. The second-order valence-electron chi connectivity index (χ2n) is 6.55. The first-order valence-corrected chi connectivity index (χ1v) is 7.56. The fourth-order valence-electron chi connectivity index (χ4n) is 3.30. The quantitative estimate of drug-likeness (QED) is 0.779. The smallest absolute Gasteiger partial charge is 0.310 e. The molecule has 0 aromatic heterocycles. The Kier molecular flexibility index (Phi) is 4.68. The molecule has 2 rings (SSSR count). The van der Waals surface area contributed by atoms with Crippen molar-refractivity contribution in [1.82, 2.24) is 5.32 Å². The number of hydrogen-bond donors (Lipinski definition) is 2. The highest BCUT2D eigenvalue weighted by atomic mass is 16.5. The summed E-state index contributed by atoms with van der Waals surface area (Å²) in [5.41, 5.74) is -0.798. The van der Waals surface area contributed by atoms with Crippen LogP contribution >= 0.6 is 0 Å². The van der Waals surface area contributed by atoms with E-state index in [0.29, 0.717) is 31.2 Å². The normalized spacial score (nSPS) is 28.1. The first-order chi connectivity index (χ1) is 9.44. The van der Waals surface area contributed by atoms with Gasteiger partial charge in [-0.05, 0) is 25.2 Å². The highest BCUT2D eigenvalue weighted by molar-refractivity contribution is 5.85. The Bertz CT molecular complexity index is 376. The van der Waals surface area contributed by atoms with E-state index in [1.807, 2.05) is 0 Å². The molecule has 1 aliphatic carbocycles. The summed E-state index contributed by atoms with van der Waals surface area (Å²) < 4.78 is 5.69. The number of nitrogens with one attached hydrogen (secondary N) is 1. The van der Waals surface area contributed by atoms with Crippen LogP contribution in [0.2, 0.25) is 0 Å². The lowest BCUT2D eigenvalue weighted by Gasteiger charge is -2.37. The van der Waals surface area contributed by atoms with Crippen LogP contribution in [0.3, 0.4) is 0 Å². The van der Waals surface area contributed by atoms with E-state index in [0.717, 1.165) is 19.4 Å². The van der Waals surface area contributed by atoms with Gasteiger partial charge >= 0.3 is 5.97 Å². The maximum atomic E-state index is 12.0. The summed E-state index contributed by atoms with van der Waals surface area (Å²) >= 11 is 0. The molecule has 0 bridgehead atoms. The average molecular weight is 283 g/mol. The van der Waals surface area contributed by atoms with Crippen LogP contribution in [-0.2, 0) is 14.3 Å². The molecule has 2 fully saturated rings. The van der Waals surface area contributed by atoms with Gasteiger partial charge in [0.2, 0.25) is 5.91 Å². The summed E-state index contributed by atoms with van der Waals surface area (Å²) in [7, 11) is 0. The van der Waals surface area contributed by atoms with Crippen LogP contribution in [0.5, 0.6) is 0 Å². The van der Waals surface area contributed by atoms with Crippen LogP contribution in [0.15, 0.2) is 0 Å². The van der Waals surface area contributed by atoms with Gasteiger partial charge in [0, 0.05) is 25.5 Å². The highest BCUT2D eigenvalue weighted by Crippen LogP contribution is 2.44. The Hall–Kier alpha value is -1.10. The summed E-state index contributed by atoms with van der Waals surface area (Å²) in [4.78, 5) is 23.2. The SMILES string of the molecule is CC(C)C1OCCC1CNC(=O)CC1(C(=O)O)CCC1. The van der Waals surface area contributed by atoms with Gasteiger partial charge in [0.25, 0.3) is 0 Å². The van der Waals surface area contributed by atoms with E-state index in [1.54, 1.807) is 0 Å². The van der Waals surface area contributed by atoms with Crippen LogP contribution in [0.25, 0.3) is 0 Å². The second-order valence-corrected chi connectivity index (χ2v) is 6.55. The van der Waals surface area contributed by atoms with Crippen LogP contribution in [0, 0.1) is 17.3 Å². The zero-order valence-corrected chi connectivity index (χ0v) is 12.4. The maximum absolute atomic E-state index is 12.0. The molecule has 1 saturated heterocycles. The molecule has 5 nitrogen and oxygen atoms in total. The Labute approximate surface area is 120 Å². The fraction of sp³-hybridized carbons (Fsp3) is 0.867. The van der Waals surface area contributed by atoms with Gasteiger partial charge in [-0.25, -0.2) is 0 Å². The van der Waals surface area contributed by atoms with Crippen molar-refractivity contribution in [1.29, 1.82) is 0 Å². The minimum absolute atomic E-state index is 0.113. The van der Waals surface area contributed by atoms with E-state index >= 15 is 0 Å². The number of ether oxygens (including phenoxy) is 1. The molecule has 5 heteroatoms. The summed E-state index contributed by atoms with van der Waals surface area (Å²) in [6.45, 7) is 5.59. The van der Waals surface area contributed by atoms with E-state index in [9.17, 15) is 14.7 Å². The summed E-state index contributed by atoms with van der Waals surface area (Å²) in [5.74, 6) is -0.179. The van der Waals surface area contributed by atoms with Gasteiger partial charge in [-0.3, -0.25) is 9.59 Å². The first kappa shape index (κ1) is 15.3. The number of rotatable bonds is 6. The van der Waals surface area contributed by atoms with Crippen LogP contribution < -0.4 is 5.32 Å². The standard InChI is InChI=1S/C15H25NO4/c1-10(2)13-11(4-7-20-13)9-16-12(17)8-15(14(18)19)5-3-6-15/h10-11,13H,3-9H2,1-2H3,(H,16,17)(H,18,19). The topological polar surface area (TPSA) is 75.6 Å². The van der Waals surface area contributed by atoms with Crippen molar-refractivity contribution >= 4 is 11.9 Å². The number of carbonyl (C=O) groups excluding carboxylic acids is 1. The molecule has 1 amide bonds. The molecule has 114 valence electrons. The van der Waals surface area contributed by atoms with Crippen molar-refractivity contribution in [2.45, 2.75) is 52.1 Å². The molecule has 2 unspecified atom stereocenters.